The first-order chi connectivity index (χ1) is 8.76. The largest absolute Gasteiger partial charge is 0.396 e. The highest BCUT2D eigenvalue weighted by atomic mass is 35.5. The molecule has 0 amide bonds. The number of rotatable bonds is 6. The fourth-order valence-electron chi connectivity index (χ4n) is 1.45. The third-order valence-corrected chi connectivity index (χ3v) is 3.07. The molecule has 2 N–H and O–H groups in total. The van der Waals surface area contributed by atoms with E-state index in [9.17, 15) is 9.90 Å². The van der Waals surface area contributed by atoms with Crippen molar-refractivity contribution in [2.24, 2.45) is 11.3 Å². The first kappa shape index (κ1) is 16.0. The van der Waals surface area contributed by atoms with Crippen molar-refractivity contribution < 1.29 is 5.11 Å². The van der Waals surface area contributed by atoms with Crippen LogP contribution in [0.4, 0.5) is 5.69 Å². The molecular formula is C13H22ClN3O2. The van der Waals surface area contributed by atoms with Gasteiger partial charge in [-0.25, -0.2) is 4.68 Å². The highest BCUT2D eigenvalue weighted by Crippen LogP contribution is 2.19. The van der Waals surface area contributed by atoms with Crippen LogP contribution in [0.1, 0.15) is 27.7 Å². The molecule has 1 aromatic rings. The number of nitrogens with zero attached hydrogens (tertiary/aromatic N) is 2. The summed E-state index contributed by atoms with van der Waals surface area (Å²) in [6.45, 7) is 8.97. The van der Waals surface area contributed by atoms with Gasteiger partial charge in [0.2, 0.25) is 0 Å². The van der Waals surface area contributed by atoms with Crippen LogP contribution in [-0.2, 0) is 6.54 Å². The predicted octanol–water partition coefficient (Wildman–Crippen LogP) is 1.98. The summed E-state index contributed by atoms with van der Waals surface area (Å²) in [5.74, 6) is 0.327. The van der Waals surface area contributed by atoms with Gasteiger partial charge in [-0.2, -0.15) is 5.10 Å². The molecule has 0 aliphatic rings. The summed E-state index contributed by atoms with van der Waals surface area (Å²) in [6, 6.07) is 0. The quantitative estimate of drug-likeness (QED) is 0.840. The summed E-state index contributed by atoms with van der Waals surface area (Å²) < 4.78 is 1.37. The Morgan fingerprint density at radius 2 is 2.16 bits per heavy atom. The number of hydrogen-bond donors (Lipinski definition) is 2. The molecule has 0 saturated carbocycles. The number of anilines is 1. The highest BCUT2D eigenvalue weighted by Gasteiger charge is 2.17. The molecule has 0 unspecified atom stereocenters. The van der Waals surface area contributed by atoms with Gasteiger partial charge in [0.05, 0.1) is 11.9 Å². The van der Waals surface area contributed by atoms with Crippen LogP contribution < -0.4 is 10.9 Å². The van der Waals surface area contributed by atoms with E-state index in [0.29, 0.717) is 24.7 Å². The molecule has 1 rings (SSSR count). The van der Waals surface area contributed by atoms with Crippen LogP contribution in [-0.4, -0.2) is 28.0 Å². The summed E-state index contributed by atoms with van der Waals surface area (Å²) in [6.07, 6.45) is 1.56. The van der Waals surface area contributed by atoms with Crippen molar-refractivity contribution in [3.8, 4) is 0 Å². The monoisotopic (exact) mass is 287 g/mol. The molecule has 0 atom stereocenters. The van der Waals surface area contributed by atoms with Gasteiger partial charge in [0.15, 0.2) is 0 Å². The van der Waals surface area contributed by atoms with Crippen molar-refractivity contribution in [3.05, 3.63) is 21.6 Å². The molecule has 1 heterocycles. The lowest BCUT2D eigenvalue weighted by Gasteiger charge is -2.22. The minimum atomic E-state index is -0.290. The summed E-state index contributed by atoms with van der Waals surface area (Å²) in [7, 11) is 0. The van der Waals surface area contributed by atoms with Crippen molar-refractivity contribution in [2.45, 2.75) is 34.2 Å². The van der Waals surface area contributed by atoms with Crippen LogP contribution in [0.25, 0.3) is 0 Å². The van der Waals surface area contributed by atoms with Crippen molar-refractivity contribution in [1.82, 2.24) is 9.78 Å². The number of hydrogen-bond acceptors (Lipinski definition) is 4. The Hall–Kier alpha value is -1.07. The van der Waals surface area contributed by atoms with Gasteiger partial charge in [-0.3, -0.25) is 4.79 Å². The number of nitrogens with one attached hydrogen (secondary N) is 1. The van der Waals surface area contributed by atoms with E-state index in [4.69, 9.17) is 11.6 Å². The average Bonchev–Trinajstić information content (AvgIpc) is 2.34. The number of halogens is 1. The van der Waals surface area contributed by atoms with E-state index in [2.05, 4.69) is 10.4 Å². The highest BCUT2D eigenvalue weighted by molar-refractivity contribution is 6.32. The molecule has 0 bridgehead atoms. The van der Waals surface area contributed by atoms with Crippen molar-refractivity contribution in [2.75, 3.05) is 18.5 Å². The fourth-order valence-corrected chi connectivity index (χ4v) is 1.67. The topological polar surface area (TPSA) is 67.2 Å². The van der Waals surface area contributed by atoms with Crippen LogP contribution in [0.2, 0.25) is 5.02 Å². The van der Waals surface area contributed by atoms with Gasteiger partial charge in [0, 0.05) is 25.1 Å². The zero-order valence-electron chi connectivity index (χ0n) is 11.9. The molecule has 0 aliphatic heterocycles. The van der Waals surface area contributed by atoms with E-state index in [1.165, 1.54) is 4.68 Å². The summed E-state index contributed by atoms with van der Waals surface area (Å²) in [5, 5.41) is 16.5. The van der Waals surface area contributed by atoms with Crippen LogP contribution in [0, 0.1) is 11.3 Å². The molecule has 108 valence electrons. The van der Waals surface area contributed by atoms with Gasteiger partial charge in [0.25, 0.3) is 5.56 Å². The van der Waals surface area contributed by atoms with Gasteiger partial charge >= 0.3 is 0 Å². The summed E-state index contributed by atoms with van der Waals surface area (Å²) in [4.78, 5) is 12.0. The number of aromatic nitrogens is 2. The second-order valence-corrected chi connectivity index (χ2v) is 6.31. The average molecular weight is 288 g/mol. The third-order valence-electron chi connectivity index (χ3n) is 2.71. The van der Waals surface area contributed by atoms with E-state index < -0.39 is 0 Å². The molecular weight excluding hydrogens is 266 g/mol. The van der Waals surface area contributed by atoms with Gasteiger partial charge < -0.3 is 10.4 Å². The molecule has 0 fully saturated rings. The Labute approximate surface area is 118 Å². The van der Waals surface area contributed by atoms with E-state index in [1.54, 1.807) is 6.20 Å². The van der Waals surface area contributed by atoms with Crippen molar-refractivity contribution >= 4 is 17.3 Å². The Kier molecular flexibility index (Phi) is 5.38. The molecule has 5 nitrogen and oxygen atoms in total. The van der Waals surface area contributed by atoms with E-state index in [-0.39, 0.29) is 22.6 Å². The second-order valence-electron chi connectivity index (χ2n) is 5.93. The molecule has 0 radical (unpaired) electrons. The molecule has 0 aromatic carbocycles. The lowest BCUT2D eigenvalue weighted by atomic mass is 9.95. The van der Waals surface area contributed by atoms with Crippen LogP contribution in [0.15, 0.2) is 11.0 Å². The summed E-state index contributed by atoms with van der Waals surface area (Å²) >= 11 is 6.06. The standard InChI is InChI=1S/C13H22ClN3O2/c1-9(2)6-17-12(19)11(14)10(5-16-17)15-7-13(3,4)8-18/h5,9,15,18H,6-8H2,1-4H3. The Morgan fingerprint density at radius 3 is 2.68 bits per heavy atom. The molecule has 0 aliphatic carbocycles. The minimum absolute atomic E-state index is 0.0511. The van der Waals surface area contributed by atoms with Gasteiger partial charge in [0.1, 0.15) is 5.02 Å². The van der Waals surface area contributed by atoms with Gasteiger partial charge in [-0.1, -0.05) is 39.3 Å². The third kappa shape index (κ3) is 4.51. The minimum Gasteiger partial charge on any atom is -0.396 e. The Balaban J connectivity index is 2.88. The van der Waals surface area contributed by atoms with Gasteiger partial charge in [-0.15, -0.1) is 0 Å². The van der Waals surface area contributed by atoms with E-state index in [0.717, 1.165) is 0 Å². The fraction of sp³-hybridized carbons (Fsp3) is 0.692. The van der Waals surface area contributed by atoms with Crippen LogP contribution in [0.5, 0.6) is 0 Å². The summed E-state index contributed by atoms with van der Waals surface area (Å²) in [5.41, 5.74) is -0.0637. The SMILES string of the molecule is CC(C)Cn1ncc(NCC(C)(C)CO)c(Cl)c1=O. The molecule has 0 saturated heterocycles. The van der Waals surface area contributed by atoms with Crippen molar-refractivity contribution in [3.63, 3.8) is 0 Å². The Morgan fingerprint density at radius 1 is 1.53 bits per heavy atom. The first-order valence-corrected chi connectivity index (χ1v) is 6.75. The number of aliphatic hydroxyl groups is 1. The maximum Gasteiger partial charge on any atom is 0.287 e. The molecule has 0 spiro atoms. The lowest BCUT2D eigenvalue weighted by Crippen LogP contribution is -2.29. The second kappa shape index (κ2) is 6.39. The smallest absolute Gasteiger partial charge is 0.287 e. The van der Waals surface area contributed by atoms with Crippen LogP contribution in [0.3, 0.4) is 0 Å². The molecule has 1 aromatic heterocycles. The van der Waals surface area contributed by atoms with E-state index >= 15 is 0 Å². The van der Waals surface area contributed by atoms with Crippen molar-refractivity contribution in [1.29, 1.82) is 0 Å². The zero-order chi connectivity index (χ0) is 14.6. The lowest BCUT2D eigenvalue weighted by molar-refractivity contribution is 0.171. The van der Waals surface area contributed by atoms with E-state index in [1.807, 2.05) is 27.7 Å². The van der Waals surface area contributed by atoms with Gasteiger partial charge in [-0.05, 0) is 5.92 Å². The maximum absolute atomic E-state index is 12.0. The number of aliphatic hydroxyl groups excluding tert-OH is 1. The zero-order valence-corrected chi connectivity index (χ0v) is 12.7. The predicted molar refractivity (Wildman–Crippen MR) is 77.7 cm³/mol. The first-order valence-electron chi connectivity index (χ1n) is 6.37. The van der Waals surface area contributed by atoms with Crippen LogP contribution >= 0.6 is 11.6 Å². The normalized spacial score (nSPS) is 11.9. The molecule has 19 heavy (non-hydrogen) atoms. The Bertz CT molecular complexity index is 483. The molecule has 6 heteroatoms. The maximum atomic E-state index is 12.0.